The Hall–Kier alpha value is -2.74. The molecule has 2 aromatic rings. The molecule has 0 aliphatic carbocycles. The number of amides is 1. The van der Waals surface area contributed by atoms with Crippen LogP contribution in [-0.4, -0.2) is 49.9 Å². The number of aromatic amines is 1. The van der Waals surface area contributed by atoms with Gasteiger partial charge in [0.2, 0.25) is 5.91 Å². The van der Waals surface area contributed by atoms with Crippen LogP contribution in [0.1, 0.15) is 17.8 Å². The second-order valence-electron chi connectivity index (χ2n) is 6.27. The summed E-state index contributed by atoms with van der Waals surface area (Å²) < 4.78 is 0. The Kier molecular flexibility index (Phi) is 5.39. The van der Waals surface area contributed by atoms with Gasteiger partial charge in [-0.15, -0.1) is 0 Å². The molecule has 3 N–H and O–H groups in total. The zero-order valence-electron chi connectivity index (χ0n) is 13.8. The zero-order valence-corrected chi connectivity index (χ0v) is 13.8. The van der Waals surface area contributed by atoms with E-state index in [1.807, 2.05) is 17.0 Å². The Bertz CT molecular complexity index is 704. The number of carbonyl (C=O) groups excluding carboxylic acids is 1. The largest absolute Gasteiger partial charge is 0.481 e. The number of likely N-dealkylation sites (tertiary alicyclic amines) is 1. The SMILES string of the molecule is O=C(O)[C@H]1C[C@@H](C(=O)NCc2ccncc2)CN(Cc2ncc[nH]2)C1. The molecule has 25 heavy (non-hydrogen) atoms. The van der Waals surface area contributed by atoms with Gasteiger partial charge in [0.15, 0.2) is 0 Å². The third kappa shape index (κ3) is 4.63. The van der Waals surface area contributed by atoms with Gasteiger partial charge in [0.1, 0.15) is 5.82 Å². The average molecular weight is 343 g/mol. The zero-order chi connectivity index (χ0) is 17.6. The summed E-state index contributed by atoms with van der Waals surface area (Å²) >= 11 is 0. The van der Waals surface area contributed by atoms with Crippen LogP contribution in [0, 0.1) is 11.8 Å². The van der Waals surface area contributed by atoms with Gasteiger partial charge in [-0.05, 0) is 24.1 Å². The maximum Gasteiger partial charge on any atom is 0.307 e. The number of nitrogens with one attached hydrogen (secondary N) is 2. The third-order valence-electron chi connectivity index (χ3n) is 4.39. The van der Waals surface area contributed by atoms with Gasteiger partial charge in [0.05, 0.1) is 18.4 Å². The number of nitrogens with zero attached hydrogens (tertiary/aromatic N) is 3. The van der Waals surface area contributed by atoms with Gasteiger partial charge < -0.3 is 15.4 Å². The molecule has 0 radical (unpaired) electrons. The summed E-state index contributed by atoms with van der Waals surface area (Å²) in [5.41, 5.74) is 0.960. The molecule has 1 aliphatic rings. The van der Waals surface area contributed by atoms with Crippen LogP contribution in [0.2, 0.25) is 0 Å². The van der Waals surface area contributed by atoms with Crippen LogP contribution in [0.15, 0.2) is 36.9 Å². The van der Waals surface area contributed by atoms with E-state index in [1.165, 1.54) is 0 Å². The molecule has 3 rings (SSSR count). The molecule has 2 aromatic heterocycles. The first kappa shape index (κ1) is 17.1. The molecule has 0 spiro atoms. The monoisotopic (exact) mass is 343 g/mol. The van der Waals surface area contributed by atoms with Gasteiger partial charge in [-0.1, -0.05) is 0 Å². The van der Waals surface area contributed by atoms with E-state index in [-0.39, 0.29) is 11.8 Å². The highest BCUT2D eigenvalue weighted by Crippen LogP contribution is 2.23. The molecule has 0 unspecified atom stereocenters. The van der Waals surface area contributed by atoms with Gasteiger partial charge in [0, 0.05) is 44.4 Å². The number of aromatic nitrogens is 3. The molecular formula is C17H21N5O3. The lowest BCUT2D eigenvalue weighted by Crippen LogP contribution is -2.47. The van der Waals surface area contributed by atoms with E-state index >= 15 is 0 Å². The first-order chi connectivity index (χ1) is 12.1. The molecule has 1 amide bonds. The number of imidazole rings is 1. The van der Waals surface area contributed by atoms with Crippen molar-refractivity contribution in [1.29, 1.82) is 0 Å². The molecule has 2 atom stereocenters. The molecule has 0 aromatic carbocycles. The molecule has 3 heterocycles. The quantitative estimate of drug-likeness (QED) is 0.710. The van der Waals surface area contributed by atoms with Crippen molar-refractivity contribution < 1.29 is 14.7 Å². The molecule has 0 saturated carbocycles. The van der Waals surface area contributed by atoms with Gasteiger partial charge in [0.25, 0.3) is 0 Å². The molecule has 1 saturated heterocycles. The predicted molar refractivity (Wildman–Crippen MR) is 89.2 cm³/mol. The van der Waals surface area contributed by atoms with Gasteiger partial charge in [-0.2, -0.15) is 0 Å². The summed E-state index contributed by atoms with van der Waals surface area (Å²) in [6, 6.07) is 3.68. The number of piperidine rings is 1. The highest BCUT2D eigenvalue weighted by molar-refractivity contribution is 5.80. The summed E-state index contributed by atoms with van der Waals surface area (Å²) in [5, 5.41) is 12.3. The fraction of sp³-hybridized carbons (Fsp3) is 0.412. The van der Waals surface area contributed by atoms with Crippen molar-refractivity contribution in [2.75, 3.05) is 13.1 Å². The lowest BCUT2D eigenvalue weighted by Gasteiger charge is -2.35. The minimum Gasteiger partial charge on any atom is -0.481 e. The van der Waals surface area contributed by atoms with E-state index in [9.17, 15) is 14.7 Å². The highest BCUT2D eigenvalue weighted by atomic mass is 16.4. The number of pyridine rings is 1. The van der Waals surface area contributed by atoms with Crippen LogP contribution >= 0.6 is 0 Å². The second kappa shape index (κ2) is 7.89. The summed E-state index contributed by atoms with van der Waals surface area (Å²) in [6.45, 7) is 1.86. The topological polar surface area (TPSA) is 111 Å². The first-order valence-electron chi connectivity index (χ1n) is 8.22. The minimum absolute atomic E-state index is 0.118. The van der Waals surface area contributed by atoms with E-state index < -0.39 is 11.9 Å². The Morgan fingerprint density at radius 2 is 2.00 bits per heavy atom. The molecular weight excluding hydrogens is 322 g/mol. The van der Waals surface area contributed by atoms with Crippen LogP contribution in [-0.2, 0) is 22.7 Å². The molecule has 132 valence electrons. The Morgan fingerprint density at radius 1 is 1.24 bits per heavy atom. The summed E-state index contributed by atoms with van der Waals surface area (Å²) in [4.78, 5) is 37.1. The lowest BCUT2D eigenvalue weighted by molar-refractivity contribution is -0.145. The van der Waals surface area contributed by atoms with E-state index in [2.05, 4.69) is 20.3 Å². The van der Waals surface area contributed by atoms with Crippen molar-refractivity contribution in [3.63, 3.8) is 0 Å². The highest BCUT2D eigenvalue weighted by Gasteiger charge is 2.35. The number of carbonyl (C=O) groups is 2. The summed E-state index contributed by atoms with van der Waals surface area (Å²) in [6.07, 6.45) is 7.09. The van der Waals surface area contributed by atoms with Crippen LogP contribution in [0.4, 0.5) is 0 Å². The third-order valence-corrected chi connectivity index (χ3v) is 4.39. The summed E-state index contributed by atoms with van der Waals surface area (Å²) in [5.74, 6) is -1.13. The van der Waals surface area contributed by atoms with Crippen molar-refractivity contribution in [3.05, 3.63) is 48.3 Å². The smallest absolute Gasteiger partial charge is 0.307 e. The lowest BCUT2D eigenvalue weighted by atomic mass is 9.88. The maximum absolute atomic E-state index is 12.5. The normalized spacial score (nSPS) is 21.0. The van der Waals surface area contributed by atoms with E-state index in [4.69, 9.17) is 0 Å². The Morgan fingerprint density at radius 3 is 2.68 bits per heavy atom. The fourth-order valence-electron chi connectivity index (χ4n) is 3.12. The van der Waals surface area contributed by atoms with Crippen LogP contribution in [0.5, 0.6) is 0 Å². The van der Waals surface area contributed by atoms with Crippen molar-refractivity contribution in [2.45, 2.75) is 19.5 Å². The number of hydrogen-bond donors (Lipinski definition) is 3. The number of carboxylic acid groups (broad SMARTS) is 1. The molecule has 1 fully saturated rings. The van der Waals surface area contributed by atoms with Crippen LogP contribution in [0.25, 0.3) is 0 Å². The number of H-pyrrole nitrogens is 1. The summed E-state index contributed by atoms with van der Waals surface area (Å²) in [7, 11) is 0. The number of carboxylic acids is 1. The number of hydrogen-bond acceptors (Lipinski definition) is 5. The van der Waals surface area contributed by atoms with Crippen molar-refractivity contribution >= 4 is 11.9 Å². The van der Waals surface area contributed by atoms with Gasteiger partial charge in [-0.3, -0.25) is 19.5 Å². The van der Waals surface area contributed by atoms with Crippen LogP contribution < -0.4 is 5.32 Å². The molecule has 8 heteroatoms. The number of rotatable bonds is 6. The van der Waals surface area contributed by atoms with Gasteiger partial charge >= 0.3 is 5.97 Å². The van der Waals surface area contributed by atoms with E-state index in [0.717, 1.165) is 11.4 Å². The number of aliphatic carboxylic acids is 1. The maximum atomic E-state index is 12.5. The van der Waals surface area contributed by atoms with E-state index in [1.54, 1.807) is 24.8 Å². The van der Waals surface area contributed by atoms with Crippen molar-refractivity contribution in [1.82, 2.24) is 25.2 Å². The Labute approximate surface area is 145 Å². The second-order valence-corrected chi connectivity index (χ2v) is 6.27. The van der Waals surface area contributed by atoms with Crippen LogP contribution in [0.3, 0.4) is 0 Å². The molecule has 8 nitrogen and oxygen atoms in total. The minimum atomic E-state index is -0.865. The van der Waals surface area contributed by atoms with E-state index in [0.29, 0.717) is 32.6 Å². The van der Waals surface area contributed by atoms with Gasteiger partial charge in [-0.25, -0.2) is 4.98 Å². The van der Waals surface area contributed by atoms with Crippen molar-refractivity contribution in [3.8, 4) is 0 Å². The van der Waals surface area contributed by atoms with Crippen molar-refractivity contribution in [2.24, 2.45) is 11.8 Å². The average Bonchev–Trinajstić information content (AvgIpc) is 3.13. The fourth-order valence-corrected chi connectivity index (χ4v) is 3.12. The molecule has 0 bridgehead atoms. The Balaban J connectivity index is 1.61. The standard InChI is InChI=1S/C17H21N5O3/c23-16(21-8-12-1-3-18-4-2-12)13-7-14(17(24)25)10-22(9-13)11-15-19-5-6-20-15/h1-6,13-14H,7-11H2,(H,19,20)(H,21,23)(H,24,25)/t13-,14+/m1/s1. The first-order valence-corrected chi connectivity index (χ1v) is 8.22. The molecule has 1 aliphatic heterocycles. The predicted octanol–water partition coefficient (Wildman–Crippen LogP) is 0.644.